The van der Waals surface area contributed by atoms with Gasteiger partial charge in [-0.15, -0.1) is 23.2 Å². The van der Waals surface area contributed by atoms with Gasteiger partial charge >= 0.3 is 0 Å². The Labute approximate surface area is 262 Å². The first-order valence-corrected chi connectivity index (χ1v) is 16.3. The number of ether oxygens (including phenoxy) is 1. The van der Waals surface area contributed by atoms with Crippen molar-refractivity contribution in [3.63, 3.8) is 0 Å². The third-order valence-electron chi connectivity index (χ3n) is 7.43. The van der Waals surface area contributed by atoms with E-state index in [1.165, 1.54) is 0 Å². The molecule has 1 heterocycles. The van der Waals surface area contributed by atoms with Crippen molar-refractivity contribution in [1.82, 2.24) is 10.6 Å². The minimum atomic E-state index is -2.95. The first-order chi connectivity index (χ1) is 20.3. The Kier molecular flexibility index (Phi) is 13.4. The van der Waals surface area contributed by atoms with Crippen molar-refractivity contribution < 1.29 is 23.7 Å². The van der Waals surface area contributed by atoms with Crippen molar-refractivity contribution >= 4 is 40.5 Å². The molecule has 3 aromatic carbocycles. The Hall–Kier alpha value is -2.99. The van der Waals surface area contributed by atoms with Crippen molar-refractivity contribution in [3.8, 4) is 5.75 Å². The molecule has 3 aromatic rings. The zero-order valence-corrected chi connectivity index (χ0v) is 26.5. The number of benzene rings is 3. The topological polar surface area (TPSA) is 126 Å². The first kappa shape index (κ1) is 34.5. The van der Waals surface area contributed by atoms with Gasteiger partial charge in [0.1, 0.15) is 5.75 Å². The Morgan fingerprint density at radius 2 is 1.79 bits per heavy atom. The Morgan fingerprint density at radius 3 is 2.51 bits per heavy atom. The minimum absolute atomic E-state index is 0. The van der Waals surface area contributed by atoms with Gasteiger partial charge in [0, 0.05) is 30.9 Å². The van der Waals surface area contributed by atoms with E-state index in [0.717, 1.165) is 41.8 Å². The summed E-state index contributed by atoms with van der Waals surface area (Å²) in [6, 6.07) is 22.4. The second-order valence-electron chi connectivity index (χ2n) is 10.5. The summed E-state index contributed by atoms with van der Waals surface area (Å²) in [5.74, 6) is 0.813. The average Bonchev–Trinajstić information content (AvgIpc) is 2.99. The Morgan fingerprint density at radius 1 is 1.05 bits per heavy atom. The number of nitrogens with zero attached hydrogens (tertiary/aromatic N) is 1. The van der Waals surface area contributed by atoms with Crippen molar-refractivity contribution in [2.75, 3.05) is 48.7 Å². The van der Waals surface area contributed by atoms with Gasteiger partial charge in [0.2, 0.25) is 0 Å². The van der Waals surface area contributed by atoms with E-state index in [0.29, 0.717) is 49.6 Å². The summed E-state index contributed by atoms with van der Waals surface area (Å²) < 4.78 is 28.5. The van der Waals surface area contributed by atoms with Gasteiger partial charge in [0.25, 0.3) is 5.91 Å². The first-order valence-electron chi connectivity index (χ1n) is 14.6. The van der Waals surface area contributed by atoms with E-state index in [2.05, 4.69) is 16.0 Å². The second-order valence-corrected chi connectivity index (χ2v) is 12.7. The monoisotopic (exact) mass is 632 g/mol. The molecule has 9 nitrogen and oxygen atoms in total. The molecular formula is C32H45ClN4O5S. The lowest BCUT2D eigenvalue weighted by Gasteiger charge is -2.47. The molecule has 6 N–H and O–H groups in total. The van der Waals surface area contributed by atoms with Gasteiger partial charge in [-0.3, -0.25) is 18.2 Å². The number of nitrogens with one attached hydrogen (secondary N) is 3. The van der Waals surface area contributed by atoms with Crippen molar-refractivity contribution in [2.45, 2.75) is 44.8 Å². The maximum absolute atomic E-state index is 13.7. The standard InChI is InChI=1S/C32H44N4O5S.ClH/c1-3-34-27-20-26(21-28(22-27)36-17-9-10-18-42(36,39)40)32(38)35-29(19-24-11-5-4-6-12-24)30(37)23-33-16-15-25-13-7-8-14-31(25)41-2;/h4-8,11-14,20-22,29-30,33-34,37,39-40H,3,9-10,15-19,23H2,1-2H3,(H,35,38);1H/t29-,30+;/m0./s1. The molecule has 1 aliphatic rings. The fraction of sp³-hybridized carbons (Fsp3) is 0.406. The average molecular weight is 633 g/mol. The molecule has 0 unspecified atom stereocenters. The third-order valence-corrected chi connectivity index (χ3v) is 9.36. The molecule has 0 radical (unpaired) electrons. The van der Waals surface area contributed by atoms with Crippen LogP contribution in [0.5, 0.6) is 5.75 Å². The fourth-order valence-electron chi connectivity index (χ4n) is 5.23. The number of rotatable bonds is 14. The largest absolute Gasteiger partial charge is 0.496 e. The highest BCUT2D eigenvalue weighted by molar-refractivity contribution is 8.25. The summed E-state index contributed by atoms with van der Waals surface area (Å²) in [7, 11) is -1.29. The molecule has 11 heteroatoms. The predicted molar refractivity (Wildman–Crippen MR) is 179 cm³/mol. The molecule has 0 bridgehead atoms. The van der Waals surface area contributed by atoms with Crippen LogP contribution in [0.25, 0.3) is 0 Å². The highest BCUT2D eigenvalue weighted by Crippen LogP contribution is 2.50. The maximum atomic E-state index is 13.7. The number of aliphatic hydroxyl groups is 1. The molecule has 2 atom stereocenters. The molecule has 1 fully saturated rings. The number of hydrogen-bond acceptors (Lipinski definition) is 8. The Bertz CT molecular complexity index is 1300. The van der Waals surface area contributed by atoms with Gasteiger partial charge < -0.3 is 25.8 Å². The number of para-hydroxylation sites is 1. The van der Waals surface area contributed by atoms with Crippen LogP contribution >= 0.6 is 23.2 Å². The van der Waals surface area contributed by atoms with Crippen LogP contribution in [0.2, 0.25) is 0 Å². The number of carbonyl (C=O) groups is 1. The summed E-state index contributed by atoms with van der Waals surface area (Å²) in [6.45, 7) is 4.06. The van der Waals surface area contributed by atoms with Crippen LogP contribution in [0.1, 0.15) is 41.3 Å². The molecule has 43 heavy (non-hydrogen) atoms. The van der Waals surface area contributed by atoms with Crippen molar-refractivity contribution in [1.29, 1.82) is 0 Å². The van der Waals surface area contributed by atoms with E-state index in [9.17, 15) is 19.0 Å². The number of anilines is 2. The Balaban J connectivity index is 0.00000506. The predicted octanol–water partition coefficient (Wildman–Crippen LogP) is 5.35. The molecule has 0 aliphatic carbocycles. The van der Waals surface area contributed by atoms with Crippen LogP contribution in [0.3, 0.4) is 0 Å². The molecule has 0 spiro atoms. The van der Waals surface area contributed by atoms with E-state index < -0.39 is 22.9 Å². The lowest BCUT2D eigenvalue weighted by molar-refractivity contribution is 0.0831. The van der Waals surface area contributed by atoms with Gasteiger partial charge in [-0.1, -0.05) is 48.5 Å². The maximum Gasteiger partial charge on any atom is 0.251 e. The summed E-state index contributed by atoms with van der Waals surface area (Å²) in [4.78, 5) is 13.7. The molecule has 1 saturated heterocycles. The van der Waals surface area contributed by atoms with Crippen LogP contribution in [0, 0.1) is 0 Å². The van der Waals surface area contributed by atoms with Crippen LogP contribution < -0.4 is 25.0 Å². The minimum Gasteiger partial charge on any atom is -0.496 e. The third kappa shape index (κ3) is 9.76. The number of aliphatic hydroxyl groups excluding tert-OH is 1. The zero-order chi connectivity index (χ0) is 30.0. The van der Waals surface area contributed by atoms with Crippen LogP contribution in [0.4, 0.5) is 11.4 Å². The van der Waals surface area contributed by atoms with Crippen LogP contribution in [0.15, 0.2) is 72.8 Å². The molecule has 4 rings (SSSR count). The van der Waals surface area contributed by atoms with Gasteiger partial charge in [-0.05, 0) is 74.5 Å². The van der Waals surface area contributed by atoms with E-state index in [1.54, 1.807) is 23.5 Å². The lowest BCUT2D eigenvalue weighted by Crippen LogP contribution is -2.49. The summed E-state index contributed by atoms with van der Waals surface area (Å²) in [5.41, 5.74) is 3.78. The van der Waals surface area contributed by atoms with Gasteiger partial charge in [0.15, 0.2) is 0 Å². The molecule has 1 amide bonds. The quantitative estimate of drug-likeness (QED) is 0.131. The number of halogens is 1. The summed E-state index contributed by atoms with van der Waals surface area (Å²) >= 11 is 0. The summed E-state index contributed by atoms with van der Waals surface area (Å²) in [5, 5.41) is 20.9. The normalized spacial score (nSPS) is 16.3. The van der Waals surface area contributed by atoms with Gasteiger partial charge in [-0.25, -0.2) is 0 Å². The number of amides is 1. The van der Waals surface area contributed by atoms with Crippen LogP contribution in [-0.2, 0) is 12.8 Å². The molecule has 0 aromatic heterocycles. The number of hydrogen-bond donors (Lipinski definition) is 6. The second kappa shape index (κ2) is 16.7. The lowest BCUT2D eigenvalue weighted by atomic mass is 10.00. The fourth-order valence-corrected chi connectivity index (χ4v) is 6.90. The highest BCUT2D eigenvalue weighted by atomic mass is 35.5. The summed E-state index contributed by atoms with van der Waals surface area (Å²) in [6.07, 6.45) is 1.94. The van der Waals surface area contributed by atoms with E-state index in [-0.39, 0.29) is 18.3 Å². The van der Waals surface area contributed by atoms with E-state index in [1.807, 2.05) is 67.6 Å². The van der Waals surface area contributed by atoms with Crippen molar-refractivity contribution in [3.05, 3.63) is 89.5 Å². The zero-order valence-electron chi connectivity index (χ0n) is 24.9. The smallest absolute Gasteiger partial charge is 0.251 e. The molecule has 0 saturated carbocycles. The SMILES string of the molecule is CCNc1cc(C(=O)N[C@@H](Cc2ccccc2)[C@H](O)CNCCc2ccccc2OC)cc(N2CCCCS2(O)O)c1.Cl. The van der Waals surface area contributed by atoms with Gasteiger partial charge in [-0.2, -0.15) is 0 Å². The molecule has 236 valence electrons. The number of methoxy groups -OCH3 is 1. The molecule has 1 aliphatic heterocycles. The molecular weight excluding hydrogens is 588 g/mol. The van der Waals surface area contributed by atoms with Crippen molar-refractivity contribution in [2.24, 2.45) is 0 Å². The van der Waals surface area contributed by atoms with Crippen LogP contribution in [-0.4, -0.2) is 71.3 Å². The number of carbonyl (C=O) groups excluding carboxylic acids is 1. The van der Waals surface area contributed by atoms with Gasteiger partial charge in [0.05, 0.1) is 30.7 Å². The van der Waals surface area contributed by atoms with E-state index >= 15 is 0 Å². The van der Waals surface area contributed by atoms with E-state index in [4.69, 9.17) is 4.74 Å². The highest BCUT2D eigenvalue weighted by Gasteiger charge is 2.28.